The molecule has 128 valence electrons. The zero-order chi connectivity index (χ0) is 17.5. The third kappa shape index (κ3) is 4.91. The summed E-state index contributed by atoms with van der Waals surface area (Å²) in [6, 6.07) is 3.80. The molecule has 1 aliphatic carbocycles. The summed E-state index contributed by atoms with van der Waals surface area (Å²) in [5.41, 5.74) is 0.253. The second-order valence-corrected chi connectivity index (χ2v) is 5.64. The summed E-state index contributed by atoms with van der Waals surface area (Å²) in [4.78, 5) is 35.0. The molecule has 1 fully saturated rings. The van der Waals surface area contributed by atoms with Gasteiger partial charge in [-0.15, -0.1) is 0 Å². The standard InChI is InChI=1S/C17H20FN3O3/c1-2-15(22)21-14-9-12(7-8-13(14)18)20-16(23)10-19-17(24)11-5-3-4-6-11/h2,7-9,11H,1,3-6,10H2,(H,19,24)(H,20,23)(H,21,22). The van der Waals surface area contributed by atoms with Crippen molar-refractivity contribution in [3.05, 3.63) is 36.7 Å². The maximum atomic E-state index is 13.6. The average Bonchev–Trinajstić information content (AvgIpc) is 3.10. The third-order valence-electron chi connectivity index (χ3n) is 3.84. The summed E-state index contributed by atoms with van der Waals surface area (Å²) >= 11 is 0. The lowest BCUT2D eigenvalue weighted by atomic mass is 10.1. The molecule has 1 aliphatic rings. The van der Waals surface area contributed by atoms with Gasteiger partial charge in [-0.3, -0.25) is 14.4 Å². The lowest BCUT2D eigenvalue weighted by Crippen LogP contribution is -2.36. The molecule has 0 atom stereocenters. The van der Waals surface area contributed by atoms with Crippen LogP contribution < -0.4 is 16.0 Å². The van der Waals surface area contributed by atoms with Crippen molar-refractivity contribution in [3.8, 4) is 0 Å². The highest BCUT2D eigenvalue weighted by Gasteiger charge is 2.22. The van der Waals surface area contributed by atoms with Crippen LogP contribution in [0.15, 0.2) is 30.9 Å². The fraction of sp³-hybridized carbons (Fsp3) is 0.353. The lowest BCUT2D eigenvalue weighted by molar-refractivity contribution is -0.127. The second kappa shape index (κ2) is 8.24. The molecule has 1 aromatic rings. The van der Waals surface area contributed by atoms with Crippen molar-refractivity contribution in [3.63, 3.8) is 0 Å². The molecule has 0 spiro atoms. The number of anilines is 2. The van der Waals surface area contributed by atoms with Gasteiger partial charge in [0.15, 0.2) is 0 Å². The van der Waals surface area contributed by atoms with Crippen molar-refractivity contribution < 1.29 is 18.8 Å². The van der Waals surface area contributed by atoms with Gasteiger partial charge >= 0.3 is 0 Å². The molecule has 0 aromatic heterocycles. The van der Waals surface area contributed by atoms with Crippen LogP contribution in [-0.2, 0) is 14.4 Å². The molecule has 1 saturated carbocycles. The normalized spacial score (nSPS) is 14.0. The first kappa shape index (κ1) is 17.7. The zero-order valence-corrected chi connectivity index (χ0v) is 13.2. The van der Waals surface area contributed by atoms with E-state index >= 15 is 0 Å². The van der Waals surface area contributed by atoms with Gasteiger partial charge in [0.2, 0.25) is 17.7 Å². The van der Waals surface area contributed by atoms with Gasteiger partial charge in [-0.25, -0.2) is 4.39 Å². The molecule has 0 bridgehead atoms. The molecular formula is C17H20FN3O3. The van der Waals surface area contributed by atoms with Gasteiger partial charge in [-0.1, -0.05) is 19.4 Å². The first-order valence-corrected chi connectivity index (χ1v) is 7.80. The van der Waals surface area contributed by atoms with Crippen LogP contribution in [0.25, 0.3) is 0 Å². The number of halogens is 1. The van der Waals surface area contributed by atoms with Crippen LogP contribution in [0.1, 0.15) is 25.7 Å². The third-order valence-corrected chi connectivity index (χ3v) is 3.84. The summed E-state index contributed by atoms with van der Waals surface area (Å²) < 4.78 is 13.6. The van der Waals surface area contributed by atoms with Crippen molar-refractivity contribution >= 4 is 29.1 Å². The van der Waals surface area contributed by atoms with Gasteiger partial charge in [-0.05, 0) is 37.1 Å². The molecule has 3 N–H and O–H groups in total. The second-order valence-electron chi connectivity index (χ2n) is 5.64. The first-order chi connectivity index (χ1) is 11.5. The zero-order valence-electron chi connectivity index (χ0n) is 13.2. The Hall–Kier alpha value is -2.70. The highest BCUT2D eigenvalue weighted by atomic mass is 19.1. The van der Waals surface area contributed by atoms with Crippen LogP contribution in [0.4, 0.5) is 15.8 Å². The molecule has 0 radical (unpaired) electrons. The number of rotatable bonds is 6. The summed E-state index contributed by atoms with van der Waals surface area (Å²) in [5, 5.41) is 7.46. The molecule has 0 saturated heterocycles. The van der Waals surface area contributed by atoms with Gasteiger partial charge in [0.05, 0.1) is 12.2 Å². The van der Waals surface area contributed by atoms with E-state index in [1.807, 2.05) is 0 Å². The van der Waals surface area contributed by atoms with E-state index in [0.717, 1.165) is 37.8 Å². The Morgan fingerprint density at radius 1 is 1.21 bits per heavy atom. The van der Waals surface area contributed by atoms with Crippen LogP contribution in [0, 0.1) is 11.7 Å². The van der Waals surface area contributed by atoms with E-state index in [4.69, 9.17) is 0 Å². The fourth-order valence-electron chi connectivity index (χ4n) is 2.59. The molecule has 0 unspecified atom stereocenters. The molecule has 3 amide bonds. The summed E-state index contributed by atoms with van der Waals surface area (Å²) in [6.07, 6.45) is 4.82. The Morgan fingerprint density at radius 2 is 1.92 bits per heavy atom. The molecule has 2 rings (SSSR count). The van der Waals surface area contributed by atoms with Crippen molar-refractivity contribution in [2.24, 2.45) is 5.92 Å². The number of carbonyl (C=O) groups is 3. The Bertz CT molecular complexity index is 654. The Kier molecular flexibility index (Phi) is 6.06. The highest BCUT2D eigenvalue weighted by Crippen LogP contribution is 2.24. The summed E-state index contributed by atoms with van der Waals surface area (Å²) in [7, 11) is 0. The lowest BCUT2D eigenvalue weighted by Gasteiger charge is -2.11. The minimum absolute atomic E-state index is 0.00987. The minimum atomic E-state index is -0.627. The molecule has 7 heteroatoms. The van der Waals surface area contributed by atoms with E-state index in [1.165, 1.54) is 12.1 Å². The Morgan fingerprint density at radius 3 is 2.58 bits per heavy atom. The fourth-order valence-corrected chi connectivity index (χ4v) is 2.59. The van der Waals surface area contributed by atoms with Crippen molar-refractivity contribution in [2.45, 2.75) is 25.7 Å². The summed E-state index contributed by atoms with van der Waals surface area (Å²) in [6.45, 7) is 3.13. The van der Waals surface area contributed by atoms with Gasteiger partial charge in [0, 0.05) is 11.6 Å². The summed E-state index contributed by atoms with van der Waals surface area (Å²) in [5.74, 6) is -1.72. The maximum Gasteiger partial charge on any atom is 0.247 e. The Labute approximate surface area is 139 Å². The predicted octanol–water partition coefficient (Wildman–Crippen LogP) is 2.20. The van der Waals surface area contributed by atoms with E-state index in [2.05, 4.69) is 22.5 Å². The van der Waals surface area contributed by atoms with Crippen molar-refractivity contribution in [1.82, 2.24) is 5.32 Å². The van der Waals surface area contributed by atoms with Crippen LogP contribution in [0.2, 0.25) is 0 Å². The van der Waals surface area contributed by atoms with Gasteiger partial charge in [0.1, 0.15) is 5.82 Å². The number of hydrogen-bond donors (Lipinski definition) is 3. The first-order valence-electron chi connectivity index (χ1n) is 7.80. The molecule has 24 heavy (non-hydrogen) atoms. The number of benzene rings is 1. The largest absolute Gasteiger partial charge is 0.347 e. The Balaban J connectivity index is 1.88. The molecular weight excluding hydrogens is 313 g/mol. The monoisotopic (exact) mass is 333 g/mol. The number of amides is 3. The molecule has 0 heterocycles. The maximum absolute atomic E-state index is 13.6. The van der Waals surface area contributed by atoms with Crippen LogP contribution in [0.5, 0.6) is 0 Å². The van der Waals surface area contributed by atoms with E-state index in [-0.39, 0.29) is 24.1 Å². The van der Waals surface area contributed by atoms with Gasteiger partial charge < -0.3 is 16.0 Å². The number of hydrogen-bond acceptors (Lipinski definition) is 3. The number of carbonyl (C=O) groups excluding carboxylic acids is 3. The highest BCUT2D eigenvalue weighted by molar-refractivity contribution is 6.00. The van der Waals surface area contributed by atoms with Crippen LogP contribution in [0.3, 0.4) is 0 Å². The van der Waals surface area contributed by atoms with E-state index in [1.54, 1.807) is 0 Å². The topological polar surface area (TPSA) is 87.3 Å². The van der Waals surface area contributed by atoms with Gasteiger partial charge in [0.25, 0.3) is 0 Å². The molecule has 1 aromatic carbocycles. The van der Waals surface area contributed by atoms with Crippen molar-refractivity contribution in [1.29, 1.82) is 0 Å². The van der Waals surface area contributed by atoms with E-state index in [9.17, 15) is 18.8 Å². The van der Waals surface area contributed by atoms with E-state index < -0.39 is 17.6 Å². The van der Waals surface area contributed by atoms with E-state index in [0.29, 0.717) is 5.69 Å². The molecule has 6 nitrogen and oxygen atoms in total. The van der Waals surface area contributed by atoms with Crippen LogP contribution in [-0.4, -0.2) is 24.3 Å². The van der Waals surface area contributed by atoms with Crippen molar-refractivity contribution in [2.75, 3.05) is 17.2 Å². The SMILES string of the molecule is C=CC(=O)Nc1cc(NC(=O)CNC(=O)C2CCCC2)ccc1F. The average molecular weight is 333 g/mol. The smallest absolute Gasteiger partial charge is 0.247 e. The quantitative estimate of drug-likeness (QED) is 0.698. The van der Waals surface area contributed by atoms with Gasteiger partial charge in [-0.2, -0.15) is 0 Å². The molecule has 0 aliphatic heterocycles. The number of nitrogens with one attached hydrogen (secondary N) is 3. The predicted molar refractivity (Wildman–Crippen MR) is 88.8 cm³/mol. The van der Waals surface area contributed by atoms with Crippen LogP contribution >= 0.6 is 0 Å². The minimum Gasteiger partial charge on any atom is -0.347 e.